The van der Waals surface area contributed by atoms with E-state index in [-0.39, 0.29) is 0 Å². The number of benzene rings is 2. The first-order valence-corrected chi connectivity index (χ1v) is 6.87. The molecule has 0 saturated carbocycles. The van der Waals surface area contributed by atoms with Crippen molar-refractivity contribution in [3.8, 4) is 0 Å². The predicted molar refractivity (Wildman–Crippen MR) is 87.8 cm³/mol. The Hall–Kier alpha value is -1.000. The Morgan fingerprint density at radius 3 is 2.11 bits per heavy atom. The molecule has 0 heterocycles. The van der Waals surface area contributed by atoms with Gasteiger partial charge in [0.1, 0.15) is 0 Å². The maximum absolute atomic E-state index is 6.05. The monoisotopic (exact) mass is 330 g/mol. The SMILES string of the molecule is S=C(Nc1ccc(Cl)cc1)Nc1ccc(Cl)cc1Cl. The average Bonchev–Trinajstić information content (AvgIpc) is 2.36. The Morgan fingerprint density at radius 2 is 1.47 bits per heavy atom. The van der Waals surface area contributed by atoms with Crippen LogP contribution in [-0.2, 0) is 0 Å². The minimum Gasteiger partial charge on any atom is -0.332 e. The van der Waals surface area contributed by atoms with Crippen LogP contribution in [0.5, 0.6) is 0 Å². The highest BCUT2D eigenvalue weighted by Crippen LogP contribution is 2.25. The van der Waals surface area contributed by atoms with Gasteiger partial charge in [0.25, 0.3) is 0 Å². The fraction of sp³-hybridized carbons (Fsp3) is 0. The fourth-order valence-corrected chi connectivity index (χ4v) is 2.22. The lowest BCUT2D eigenvalue weighted by atomic mass is 10.3. The topological polar surface area (TPSA) is 24.1 Å². The van der Waals surface area contributed by atoms with Crippen LogP contribution in [0.25, 0.3) is 0 Å². The van der Waals surface area contributed by atoms with Gasteiger partial charge in [-0.05, 0) is 54.7 Å². The number of hydrogen-bond donors (Lipinski definition) is 2. The first-order chi connectivity index (χ1) is 9.04. The fourth-order valence-electron chi connectivity index (χ4n) is 1.41. The number of halogens is 3. The molecule has 6 heteroatoms. The molecule has 2 aromatic carbocycles. The number of anilines is 2. The van der Waals surface area contributed by atoms with Crippen molar-refractivity contribution in [3.05, 3.63) is 57.5 Å². The molecule has 2 nitrogen and oxygen atoms in total. The third-order valence-corrected chi connectivity index (χ3v) is 3.29. The smallest absolute Gasteiger partial charge is 0.175 e. The summed E-state index contributed by atoms with van der Waals surface area (Å²) in [6, 6.07) is 12.4. The van der Waals surface area contributed by atoms with Gasteiger partial charge in [0.15, 0.2) is 5.11 Å². The van der Waals surface area contributed by atoms with E-state index in [2.05, 4.69) is 10.6 Å². The van der Waals surface area contributed by atoms with Crippen LogP contribution < -0.4 is 10.6 Å². The molecule has 0 amide bonds. The molecule has 2 N–H and O–H groups in total. The van der Waals surface area contributed by atoms with Crippen molar-refractivity contribution in [3.63, 3.8) is 0 Å². The first-order valence-electron chi connectivity index (χ1n) is 5.33. The maximum atomic E-state index is 6.05. The van der Waals surface area contributed by atoms with Gasteiger partial charge in [0.2, 0.25) is 0 Å². The van der Waals surface area contributed by atoms with Crippen LogP contribution in [0, 0.1) is 0 Å². The maximum Gasteiger partial charge on any atom is 0.175 e. The van der Waals surface area contributed by atoms with E-state index in [1.165, 1.54) is 0 Å². The normalized spacial score (nSPS) is 10.1. The van der Waals surface area contributed by atoms with Crippen LogP contribution in [0.1, 0.15) is 0 Å². The third-order valence-electron chi connectivity index (χ3n) is 2.28. The van der Waals surface area contributed by atoms with Gasteiger partial charge in [-0.15, -0.1) is 0 Å². The van der Waals surface area contributed by atoms with E-state index in [9.17, 15) is 0 Å². The van der Waals surface area contributed by atoms with Crippen molar-refractivity contribution < 1.29 is 0 Å². The summed E-state index contributed by atoms with van der Waals surface area (Å²) in [5, 5.41) is 8.22. The van der Waals surface area contributed by atoms with Crippen LogP contribution in [0.2, 0.25) is 15.1 Å². The Balaban J connectivity index is 2.03. The summed E-state index contributed by atoms with van der Waals surface area (Å²) in [7, 11) is 0. The minimum absolute atomic E-state index is 0.437. The van der Waals surface area contributed by atoms with Crippen molar-refractivity contribution in [2.45, 2.75) is 0 Å². The third kappa shape index (κ3) is 4.25. The molecular formula is C13H9Cl3N2S. The Labute approximate surface area is 131 Å². The molecule has 0 spiro atoms. The first kappa shape index (κ1) is 14.4. The number of rotatable bonds is 2. The summed E-state index contributed by atoms with van der Waals surface area (Å²) in [5.74, 6) is 0. The van der Waals surface area contributed by atoms with E-state index < -0.39 is 0 Å². The molecule has 0 saturated heterocycles. The summed E-state index contributed by atoms with van der Waals surface area (Å²) >= 11 is 22.9. The molecule has 0 bridgehead atoms. The molecular weight excluding hydrogens is 323 g/mol. The van der Waals surface area contributed by atoms with Crippen LogP contribution in [-0.4, -0.2) is 5.11 Å². The van der Waals surface area contributed by atoms with Gasteiger partial charge in [-0.3, -0.25) is 0 Å². The summed E-state index contributed by atoms with van der Waals surface area (Å²) in [5.41, 5.74) is 1.53. The molecule has 2 aromatic rings. The van der Waals surface area contributed by atoms with Crippen molar-refractivity contribution >= 4 is 63.5 Å². The van der Waals surface area contributed by atoms with Crippen LogP contribution >= 0.6 is 47.0 Å². The molecule has 0 aliphatic rings. The van der Waals surface area contributed by atoms with Crippen molar-refractivity contribution in [1.82, 2.24) is 0 Å². The molecule has 0 unspecified atom stereocenters. The van der Waals surface area contributed by atoms with E-state index >= 15 is 0 Å². The Bertz CT molecular complexity index is 599. The second-order valence-corrected chi connectivity index (χ2v) is 5.40. The van der Waals surface area contributed by atoms with Gasteiger partial charge in [0, 0.05) is 15.7 Å². The van der Waals surface area contributed by atoms with Crippen LogP contribution in [0.3, 0.4) is 0 Å². The van der Waals surface area contributed by atoms with E-state index in [0.717, 1.165) is 5.69 Å². The van der Waals surface area contributed by atoms with E-state index in [1.54, 1.807) is 30.3 Å². The van der Waals surface area contributed by atoms with Gasteiger partial charge >= 0.3 is 0 Å². The zero-order chi connectivity index (χ0) is 13.8. The zero-order valence-electron chi connectivity index (χ0n) is 9.58. The minimum atomic E-state index is 0.437. The van der Waals surface area contributed by atoms with Gasteiger partial charge in [-0.25, -0.2) is 0 Å². The molecule has 0 fully saturated rings. The number of nitrogens with one attached hydrogen (secondary N) is 2. The lowest BCUT2D eigenvalue weighted by molar-refractivity contribution is 1.59. The summed E-state index contributed by atoms with van der Waals surface area (Å²) in [4.78, 5) is 0. The molecule has 0 aromatic heterocycles. The van der Waals surface area contributed by atoms with Gasteiger partial charge < -0.3 is 10.6 Å². The van der Waals surface area contributed by atoms with Crippen LogP contribution in [0.15, 0.2) is 42.5 Å². The highest BCUT2D eigenvalue weighted by molar-refractivity contribution is 7.80. The van der Waals surface area contributed by atoms with Crippen molar-refractivity contribution in [2.75, 3.05) is 10.6 Å². The summed E-state index contributed by atoms with van der Waals surface area (Å²) in [6.45, 7) is 0. The lowest BCUT2D eigenvalue weighted by Gasteiger charge is -2.12. The second-order valence-electron chi connectivity index (χ2n) is 3.71. The molecule has 0 radical (unpaired) electrons. The Morgan fingerprint density at radius 1 is 0.842 bits per heavy atom. The van der Waals surface area contributed by atoms with Crippen LogP contribution in [0.4, 0.5) is 11.4 Å². The zero-order valence-corrected chi connectivity index (χ0v) is 12.7. The number of thiocarbonyl (C=S) groups is 1. The summed E-state index contributed by atoms with van der Waals surface area (Å²) < 4.78 is 0. The molecule has 0 atom stereocenters. The molecule has 2 rings (SSSR count). The lowest BCUT2D eigenvalue weighted by Crippen LogP contribution is -2.19. The van der Waals surface area contributed by atoms with Crippen molar-refractivity contribution in [2.24, 2.45) is 0 Å². The second kappa shape index (κ2) is 6.44. The van der Waals surface area contributed by atoms with Crippen molar-refractivity contribution in [1.29, 1.82) is 0 Å². The van der Waals surface area contributed by atoms with Gasteiger partial charge in [-0.1, -0.05) is 34.8 Å². The molecule has 0 aliphatic heterocycles. The summed E-state index contributed by atoms with van der Waals surface area (Å²) in [6.07, 6.45) is 0. The predicted octanol–water partition coefficient (Wildman–Crippen LogP) is 5.46. The van der Waals surface area contributed by atoms with E-state index in [0.29, 0.717) is 25.9 Å². The molecule has 0 aliphatic carbocycles. The van der Waals surface area contributed by atoms with Gasteiger partial charge in [-0.2, -0.15) is 0 Å². The van der Waals surface area contributed by atoms with E-state index in [1.807, 2.05) is 12.1 Å². The van der Waals surface area contributed by atoms with E-state index in [4.69, 9.17) is 47.0 Å². The molecule has 98 valence electrons. The highest BCUT2D eigenvalue weighted by atomic mass is 35.5. The molecule has 19 heavy (non-hydrogen) atoms. The van der Waals surface area contributed by atoms with Gasteiger partial charge in [0.05, 0.1) is 10.7 Å². The largest absolute Gasteiger partial charge is 0.332 e. The average molecular weight is 332 g/mol. The quantitative estimate of drug-likeness (QED) is 0.715. The number of hydrogen-bond acceptors (Lipinski definition) is 1. The highest BCUT2D eigenvalue weighted by Gasteiger charge is 2.03. The Kier molecular flexibility index (Phi) is 4.88. The standard InChI is InChI=1S/C13H9Cl3N2S/c14-8-1-4-10(5-2-8)17-13(19)18-12-6-3-9(15)7-11(12)16/h1-7H,(H2,17,18,19).